The number of aromatic nitrogens is 1. The average Bonchev–Trinajstić information content (AvgIpc) is 3.28. The number of nitrogens with zero attached hydrogens (tertiary/aromatic N) is 3. The monoisotopic (exact) mass is 445 g/mol. The van der Waals surface area contributed by atoms with Crippen LogP contribution >= 0.6 is 11.3 Å². The molecular formula is C23H35N5O2S. The molecule has 1 fully saturated rings. The zero-order valence-corrected chi connectivity index (χ0v) is 19.7. The fourth-order valence-corrected chi connectivity index (χ4v) is 4.38. The molecule has 1 saturated heterocycles. The van der Waals surface area contributed by atoms with Crippen molar-refractivity contribution in [3.63, 3.8) is 0 Å². The molecule has 1 aliphatic heterocycles. The summed E-state index contributed by atoms with van der Waals surface area (Å²) in [5.74, 6) is 1.72. The number of aryl methyl sites for hydroxylation is 1. The molecule has 8 heteroatoms. The molecule has 0 bridgehead atoms. The second-order valence-electron chi connectivity index (χ2n) is 7.42. The minimum Gasteiger partial charge on any atom is -0.497 e. The van der Waals surface area contributed by atoms with Crippen molar-refractivity contribution in [2.45, 2.75) is 32.7 Å². The van der Waals surface area contributed by atoms with Crippen LogP contribution in [0, 0.1) is 0 Å². The number of guanidine groups is 1. The lowest BCUT2D eigenvalue weighted by atomic mass is 10.0. The fourth-order valence-electron chi connectivity index (χ4n) is 3.60. The van der Waals surface area contributed by atoms with Crippen molar-refractivity contribution in [3.8, 4) is 5.75 Å². The van der Waals surface area contributed by atoms with Crippen LogP contribution in [0.2, 0.25) is 0 Å². The summed E-state index contributed by atoms with van der Waals surface area (Å²) in [7, 11) is 1.70. The van der Waals surface area contributed by atoms with Crippen LogP contribution in [0.1, 0.15) is 36.2 Å². The zero-order valence-electron chi connectivity index (χ0n) is 18.9. The van der Waals surface area contributed by atoms with Crippen LogP contribution in [0.3, 0.4) is 0 Å². The molecule has 3 rings (SSSR count). The van der Waals surface area contributed by atoms with Gasteiger partial charge in [0.2, 0.25) is 0 Å². The molecule has 1 aliphatic rings. The third-order valence-electron chi connectivity index (χ3n) is 5.33. The third kappa shape index (κ3) is 7.19. The molecule has 1 unspecified atom stereocenters. The van der Waals surface area contributed by atoms with Gasteiger partial charge in [0.15, 0.2) is 5.96 Å². The number of thiazole rings is 1. The molecular weight excluding hydrogens is 410 g/mol. The summed E-state index contributed by atoms with van der Waals surface area (Å²) in [6.07, 6.45) is 1.89. The summed E-state index contributed by atoms with van der Waals surface area (Å²) >= 11 is 1.74. The first kappa shape index (κ1) is 23.5. The first-order chi connectivity index (χ1) is 15.2. The third-order valence-corrected chi connectivity index (χ3v) is 6.37. The average molecular weight is 446 g/mol. The van der Waals surface area contributed by atoms with Gasteiger partial charge in [-0.3, -0.25) is 9.89 Å². The van der Waals surface area contributed by atoms with Gasteiger partial charge in [-0.1, -0.05) is 19.1 Å². The highest BCUT2D eigenvalue weighted by molar-refractivity contribution is 7.09. The Morgan fingerprint density at radius 1 is 1.23 bits per heavy atom. The molecule has 0 aliphatic carbocycles. The van der Waals surface area contributed by atoms with Gasteiger partial charge in [-0.2, -0.15) is 0 Å². The van der Waals surface area contributed by atoms with Crippen LogP contribution in [0.4, 0.5) is 0 Å². The van der Waals surface area contributed by atoms with Crippen LogP contribution in [-0.2, 0) is 17.6 Å². The number of rotatable bonds is 10. The van der Waals surface area contributed by atoms with Gasteiger partial charge in [-0.05, 0) is 31.0 Å². The number of hydrogen-bond acceptors (Lipinski definition) is 6. The summed E-state index contributed by atoms with van der Waals surface area (Å²) in [6.45, 7) is 9.91. The molecule has 1 aromatic heterocycles. The molecule has 2 N–H and O–H groups in total. The Labute approximate surface area is 189 Å². The van der Waals surface area contributed by atoms with E-state index in [0.717, 1.165) is 69.6 Å². The van der Waals surface area contributed by atoms with E-state index >= 15 is 0 Å². The van der Waals surface area contributed by atoms with Gasteiger partial charge in [0.05, 0.1) is 43.6 Å². The van der Waals surface area contributed by atoms with Gasteiger partial charge in [0, 0.05) is 38.0 Å². The van der Waals surface area contributed by atoms with Crippen molar-refractivity contribution in [2.75, 3.05) is 53.0 Å². The van der Waals surface area contributed by atoms with Crippen molar-refractivity contribution in [2.24, 2.45) is 4.99 Å². The van der Waals surface area contributed by atoms with Crippen molar-refractivity contribution in [1.82, 2.24) is 20.5 Å². The molecule has 0 amide bonds. The normalized spacial score (nSPS) is 16.2. The van der Waals surface area contributed by atoms with Crippen LogP contribution in [0.15, 0.2) is 34.6 Å². The number of methoxy groups -OCH3 is 1. The zero-order chi connectivity index (χ0) is 21.9. The van der Waals surface area contributed by atoms with Crippen LogP contribution in [-0.4, -0.2) is 68.9 Å². The Morgan fingerprint density at radius 2 is 2.00 bits per heavy atom. The summed E-state index contributed by atoms with van der Waals surface area (Å²) in [5, 5.41) is 10.2. The van der Waals surface area contributed by atoms with E-state index in [2.05, 4.69) is 51.9 Å². The topological polar surface area (TPSA) is 71.0 Å². The first-order valence-electron chi connectivity index (χ1n) is 11.1. The van der Waals surface area contributed by atoms with E-state index in [9.17, 15) is 0 Å². The molecule has 1 aromatic carbocycles. The maximum atomic E-state index is 5.56. The van der Waals surface area contributed by atoms with E-state index in [1.807, 2.05) is 12.1 Å². The van der Waals surface area contributed by atoms with Crippen molar-refractivity contribution in [1.29, 1.82) is 0 Å². The smallest absolute Gasteiger partial charge is 0.191 e. The van der Waals surface area contributed by atoms with E-state index in [1.54, 1.807) is 18.4 Å². The second kappa shape index (κ2) is 12.6. The predicted octanol–water partition coefficient (Wildman–Crippen LogP) is 2.89. The maximum absolute atomic E-state index is 5.56. The van der Waals surface area contributed by atoms with Gasteiger partial charge in [0.25, 0.3) is 0 Å². The molecule has 7 nitrogen and oxygen atoms in total. The lowest BCUT2D eigenvalue weighted by Crippen LogP contribution is -2.42. The lowest BCUT2D eigenvalue weighted by Gasteiger charge is -2.34. The number of hydrogen-bond donors (Lipinski definition) is 2. The van der Waals surface area contributed by atoms with Gasteiger partial charge in [0.1, 0.15) is 5.75 Å². The summed E-state index contributed by atoms with van der Waals surface area (Å²) in [5.41, 5.74) is 2.39. The minimum absolute atomic E-state index is 0.205. The van der Waals surface area contributed by atoms with E-state index < -0.39 is 0 Å². The summed E-state index contributed by atoms with van der Waals surface area (Å²) in [4.78, 5) is 12.0. The Bertz CT molecular complexity index is 803. The Kier molecular flexibility index (Phi) is 9.58. The Morgan fingerprint density at radius 3 is 2.65 bits per heavy atom. The van der Waals surface area contributed by atoms with Gasteiger partial charge >= 0.3 is 0 Å². The van der Waals surface area contributed by atoms with Crippen LogP contribution in [0.5, 0.6) is 5.75 Å². The van der Waals surface area contributed by atoms with E-state index in [0.29, 0.717) is 6.54 Å². The van der Waals surface area contributed by atoms with Crippen LogP contribution in [0.25, 0.3) is 0 Å². The maximum Gasteiger partial charge on any atom is 0.191 e. The molecule has 2 heterocycles. The summed E-state index contributed by atoms with van der Waals surface area (Å²) in [6, 6.07) is 8.53. The lowest BCUT2D eigenvalue weighted by molar-refractivity contribution is 0.0179. The van der Waals surface area contributed by atoms with Crippen molar-refractivity contribution in [3.05, 3.63) is 45.9 Å². The predicted molar refractivity (Wildman–Crippen MR) is 127 cm³/mol. The standard InChI is InChI=1S/C23H35N5O2S/c1-4-22-27-19(17-31-22)10-11-25-23(24-5-2)26-16-21(28-12-14-30-15-13-28)18-6-8-20(29-3)9-7-18/h6-9,17,21H,4-5,10-16H2,1-3H3,(H2,24,25,26). The number of ether oxygens (including phenoxy) is 2. The van der Waals surface area contributed by atoms with Crippen molar-refractivity contribution < 1.29 is 9.47 Å². The molecule has 0 saturated carbocycles. The summed E-state index contributed by atoms with van der Waals surface area (Å²) < 4.78 is 10.9. The molecule has 2 aromatic rings. The number of benzene rings is 1. The van der Waals surface area contributed by atoms with E-state index in [1.165, 1.54) is 10.6 Å². The molecule has 170 valence electrons. The number of aliphatic imine (C=N–C) groups is 1. The fraction of sp³-hybridized carbons (Fsp3) is 0.565. The molecule has 0 radical (unpaired) electrons. The van der Waals surface area contributed by atoms with Crippen molar-refractivity contribution >= 4 is 17.3 Å². The minimum atomic E-state index is 0.205. The quantitative estimate of drug-likeness (QED) is 0.433. The highest BCUT2D eigenvalue weighted by Gasteiger charge is 2.22. The first-order valence-corrected chi connectivity index (χ1v) is 12.0. The SMILES string of the molecule is CCNC(=NCC(c1ccc(OC)cc1)N1CCOCC1)NCCc1csc(CC)n1. The van der Waals surface area contributed by atoms with Gasteiger partial charge in [-0.25, -0.2) is 4.98 Å². The Hall–Kier alpha value is -2.16. The molecule has 0 spiro atoms. The van der Waals surface area contributed by atoms with Gasteiger partial charge in [-0.15, -0.1) is 11.3 Å². The highest BCUT2D eigenvalue weighted by Crippen LogP contribution is 2.24. The Balaban J connectivity index is 1.65. The van der Waals surface area contributed by atoms with E-state index in [-0.39, 0.29) is 6.04 Å². The van der Waals surface area contributed by atoms with Crippen LogP contribution < -0.4 is 15.4 Å². The molecule has 1 atom stereocenters. The number of morpholine rings is 1. The van der Waals surface area contributed by atoms with Gasteiger partial charge < -0.3 is 20.1 Å². The molecule has 31 heavy (non-hydrogen) atoms. The van der Waals surface area contributed by atoms with E-state index in [4.69, 9.17) is 14.5 Å². The largest absolute Gasteiger partial charge is 0.497 e. The number of nitrogens with one attached hydrogen (secondary N) is 2. The second-order valence-corrected chi connectivity index (χ2v) is 8.36. The highest BCUT2D eigenvalue weighted by atomic mass is 32.1.